The summed E-state index contributed by atoms with van der Waals surface area (Å²) in [5, 5.41) is 17.0. The van der Waals surface area contributed by atoms with E-state index in [0.717, 1.165) is 24.3 Å². The average molecular weight is 241 g/mol. The van der Waals surface area contributed by atoms with Crippen molar-refractivity contribution in [3.8, 4) is 6.07 Å². The number of carboxylic acid groups (broad SMARTS) is 1. The molecule has 88 valence electrons. The lowest BCUT2D eigenvalue weighted by atomic mass is 10.0. The van der Waals surface area contributed by atoms with E-state index in [4.69, 9.17) is 10.4 Å². The average Bonchev–Trinajstić information content (AvgIpc) is 2.24. The fraction of sp³-hybridized carbons (Fsp3) is 0.0909. The molecule has 1 aromatic rings. The second-order valence-corrected chi connectivity index (χ2v) is 3.07. The standard InChI is InChI=1S/C11H6F3NO2/c12-11(13,14)8-4-3-7(2-1-5-15)9(6-8)10(16)17/h1-4,6H,(H,16,17). The third kappa shape index (κ3) is 3.08. The molecule has 0 saturated heterocycles. The van der Waals surface area contributed by atoms with Crippen LogP contribution in [0.5, 0.6) is 0 Å². The number of allylic oxidation sites excluding steroid dienone is 1. The minimum absolute atomic E-state index is 0.0482. The van der Waals surface area contributed by atoms with Crippen LogP contribution in [0.25, 0.3) is 6.08 Å². The van der Waals surface area contributed by atoms with Crippen molar-refractivity contribution in [3.05, 3.63) is 41.0 Å². The smallest absolute Gasteiger partial charge is 0.416 e. The molecule has 0 fully saturated rings. The zero-order chi connectivity index (χ0) is 13.1. The molecule has 0 radical (unpaired) electrons. The predicted octanol–water partition coefficient (Wildman–Crippen LogP) is 2.94. The first-order valence-electron chi connectivity index (χ1n) is 4.37. The summed E-state index contributed by atoms with van der Waals surface area (Å²) in [6.45, 7) is 0. The number of hydrogen-bond donors (Lipinski definition) is 1. The number of carbonyl (C=O) groups is 1. The van der Waals surface area contributed by atoms with Crippen LogP contribution in [-0.2, 0) is 6.18 Å². The van der Waals surface area contributed by atoms with Crippen LogP contribution in [0.2, 0.25) is 0 Å². The van der Waals surface area contributed by atoms with Gasteiger partial charge in [0.15, 0.2) is 0 Å². The predicted molar refractivity (Wildman–Crippen MR) is 53.1 cm³/mol. The van der Waals surface area contributed by atoms with Gasteiger partial charge in [0.25, 0.3) is 0 Å². The lowest BCUT2D eigenvalue weighted by Gasteiger charge is -2.08. The summed E-state index contributed by atoms with van der Waals surface area (Å²) in [5.74, 6) is -1.48. The minimum atomic E-state index is -4.60. The van der Waals surface area contributed by atoms with E-state index in [-0.39, 0.29) is 5.56 Å². The van der Waals surface area contributed by atoms with E-state index in [9.17, 15) is 18.0 Å². The fourth-order valence-electron chi connectivity index (χ4n) is 1.19. The molecule has 3 nitrogen and oxygen atoms in total. The van der Waals surface area contributed by atoms with Gasteiger partial charge in [-0.25, -0.2) is 4.79 Å². The quantitative estimate of drug-likeness (QED) is 0.809. The highest BCUT2D eigenvalue weighted by molar-refractivity contribution is 5.92. The second kappa shape index (κ2) is 4.70. The number of rotatable bonds is 2. The van der Waals surface area contributed by atoms with Gasteiger partial charge in [-0.05, 0) is 23.8 Å². The van der Waals surface area contributed by atoms with Crippen LogP contribution in [0, 0.1) is 11.3 Å². The Balaban J connectivity index is 3.33. The van der Waals surface area contributed by atoms with Crippen LogP contribution in [0.15, 0.2) is 24.3 Å². The summed E-state index contributed by atoms with van der Waals surface area (Å²) in [6.07, 6.45) is -2.46. The van der Waals surface area contributed by atoms with E-state index < -0.39 is 23.3 Å². The molecule has 0 aliphatic heterocycles. The molecule has 1 rings (SSSR count). The molecule has 0 aromatic heterocycles. The third-order valence-corrected chi connectivity index (χ3v) is 1.95. The summed E-state index contributed by atoms with van der Waals surface area (Å²) >= 11 is 0. The Labute approximate surface area is 94.4 Å². The summed E-state index contributed by atoms with van der Waals surface area (Å²) in [4.78, 5) is 10.8. The molecule has 1 N–H and O–H groups in total. The maximum atomic E-state index is 12.4. The minimum Gasteiger partial charge on any atom is -0.478 e. The summed E-state index contributed by atoms with van der Waals surface area (Å²) in [5.41, 5.74) is -1.48. The topological polar surface area (TPSA) is 61.1 Å². The molecule has 0 saturated carbocycles. The lowest BCUT2D eigenvalue weighted by molar-refractivity contribution is -0.137. The van der Waals surface area contributed by atoms with Crippen molar-refractivity contribution >= 4 is 12.0 Å². The Morgan fingerprint density at radius 3 is 2.53 bits per heavy atom. The highest BCUT2D eigenvalue weighted by Crippen LogP contribution is 2.30. The van der Waals surface area contributed by atoms with Crippen LogP contribution in [0.3, 0.4) is 0 Å². The van der Waals surface area contributed by atoms with Crippen LogP contribution >= 0.6 is 0 Å². The normalized spacial score (nSPS) is 11.4. The number of hydrogen-bond acceptors (Lipinski definition) is 2. The van der Waals surface area contributed by atoms with Crippen molar-refractivity contribution < 1.29 is 23.1 Å². The molecule has 0 bridgehead atoms. The van der Waals surface area contributed by atoms with Crippen LogP contribution in [0.1, 0.15) is 21.5 Å². The van der Waals surface area contributed by atoms with Gasteiger partial charge in [0.05, 0.1) is 17.2 Å². The number of nitrogens with zero attached hydrogens (tertiary/aromatic N) is 1. The molecular weight excluding hydrogens is 235 g/mol. The van der Waals surface area contributed by atoms with Crippen LogP contribution < -0.4 is 0 Å². The number of halogens is 3. The maximum Gasteiger partial charge on any atom is 0.416 e. The Kier molecular flexibility index (Phi) is 3.53. The van der Waals surface area contributed by atoms with Gasteiger partial charge in [-0.2, -0.15) is 18.4 Å². The van der Waals surface area contributed by atoms with E-state index in [0.29, 0.717) is 6.07 Å². The van der Waals surface area contributed by atoms with Gasteiger partial charge >= 0.3 is 12.1 Å². The Morgan fingerprint density at radius 2 is 2.06 bits per heavy atom. The Bertz CT molecular complexity index is 512. The van der Waals surface area contributed by atoms with Crippen molar-refractivity contribution in [2.24, 2.45) is 0 Å². The van der Waals surface area contributed by atoms with Crippen molar-refractivity contribution in [1.29, 1.82) is 5.26 Å². The molecule has 0 amide bonds. The maximum absolute atomic E-state index is 12.4. The van der Waals surface area contributed by atoms with Crippen molar-refractivity contribution in [3.63, 3.8) is 0 Å². The van der Waals surface area contributed by atoms with Crippen molar-refractivity contribution in [1.82, 2.24) is 0 Å². The Morgan fingerprint density at radius 1 is 1.41 bits per heavy atom. The van der Waals surface area contributed by atoms with Crippen LogP contribution in [-0.4, -0.2) is 11.1 Å². The van der Waals surface area contributed by atoms with Gasteiger partial charge in [-0.3, -0.25) is 0 Å². The van der Waals surface area contributed by atoms with E-state index in [1.54, 1.807) is 6.07 Å². The summed E-state index contributed by atoms with van der Waals surface area (Å²) in [6, 6.07) is 3.95. The number of aromatic carboxylic acids is 1. The highest BCUT2D eigenvalue weighted by Gasteiger charge is 2.31. The van der Waals surface area contributed by atoms with Crippen LogP contribution in [0.4, 0.5) is 13.2 Å². The van der Waals surface area contributed by atoms with E-state index in [2.05, 4.69) is 0 Å². The number of alkyl halides is 3. The van der Waals surface area contributed by atoms with Gasteiger partial charge in [-0.15, -0.1) is 0 Å². The van der Waals surface area contributed by atoms with E-state index >= 15 is 0 Å². The molecule has 0 aliphatic carbocycles. The highest BCUT2D eigenvalue weighted by atomic mass is 19.4. The largest absolute Gasteiger partial charge is 0.478 e. The molecule has 17 heavy (non-hydrogen) atoms. The molecule has 0 aliphatic rings. The molecule has 0 unspecified atom stereocenters. The molecule has 1 aromatic carbocycles. The van der Waals surface area contributed by atoms with Crippen molar-refractivity contribution in [2.45, 2.75) is 6.18 Å². The second-order valence-electron chi connectivity index (χ2n) is 3.07. The van der Waals surface area contributed by atoms with Gasteiger partial charge in [0.2, 0.25) is 0 Å². The molecule has 0 spiro atoms. The van der Waals surface area contributed by atoms with E-state index in [1.165, 1.54) is 0 Å². The van der Waals surface area contributed by atoms with Gasteiger partial charge in [0.1, 0.15) is 0 Å². The number of benzene rings is 1. The lowest BCUT2D eigenvalue weighted by Crippen LogP contribution is -2.08. The summed E-state index contributed by atoms with van der Waals surface area (Å²) < 4.78 is 37.1. The molecule has 0 atom stereocenters. The molecule has 0 heterocycles. The zero-order valence-corrected chi connectivity index (χ0v) is 8.32. The SMILES string of the molecule is N#CC=Cc1ccc(C(F)(F)F)cc1C(=O)O. The first kappa shape index (κ1) is 12.8. The van der Waals surface area contributed by atoms with Crippen molar-refractivity contribution in [2.75, 3.05) is 0 Å². The third-order valence-electron chi connectivity index (χ3n) is 1.95. The summed E-state index contributed by atoms with van der Waals surface area (Å²) in [7, 11) is 0. The first-order valence-corrected chi connectivity index (χ1v) is 4.37. The number of carboxylic acids is 1. The van der Waals surface area contributed by atoms with Gasteiger partial charge in [0, 0.05) is 6.08 Å². The molecular formula is C11H6F3NO2. The fourth-order valence-corrected chi connectivity index (χ4v) is 1.19. The Hall–Kier alpha value is -2.29. The first-order chi connectivity index (χ1) is 7.86. The molecule has 6 heteroatoms. The van der Waals surface area contributed by atoms with Gasteiger partial charge < -0.3 is 5.11 Å². The van der Waals surface area contributed by atoms with Gasteiger partial charge in [-0.1, -0.05) is 6.07 Å². The number of nitriles is 1. The van der Waals surface area contributed by atoms with E-state index in [1.807, 2.05) is 0 Å². The zero-order valence-electron chi connectivity index (χ0n) is 8.32. The monoisotopic (exact) mass is 241 g/mol.